The number of hydrogen-bond donors (Lipinski definition) is 1. The van der Waals surface area contributed by atoms with E-state index in [1.54, 1.807) is 6.26 Å². The Hall–Kier alpha value is -1.74. The maximum Gasteiger partial charge on any atom is 0.124 e. The molecule has 0 aliphatic carbocycles. The highest BCUT2D eigenvalue weighted by atomic mass is 16.5. The summed E-state index contributed by atoms with van der Waals surface area (Å²) in [6.45, 7) is 5.93. The lowest BCUT2D eigenvalue weighted by Gasteiger charge is -2.18. The van der Waals surface area contributed by atoms with Gasteiger partial charge in [0, 0.05) is 11.1 Å². The lowest BCUT2D eigenvalue weighted by atomic mass is 9.99. The third kappa shape index (κ3) is 2.57. The van der Waals surface area contributed by atoms with E-state index in [1.165, 1.54) is 0 Å². The molecule has 18 heavy (non-hydrogen) atoms. The number of benzene rings is 1. The van der Waals surface area contributed by atoms with E-state index < -0.39 is 0 Å². The molecule has 0 aliphatic heterocycles. The van der Waals surface area contributed by atoms with E-state index in [4.69, 9.17) is 14.9 Å². The second-order valence-corrected chi connectivity index (χ2v) is 4.61. The first-order valence-electron chi connectivity index (χ1n) is 6.14. The topological polar surface area (TPSA) is 48.4 Å². The molecule has 96 valence electrons. The zero-order chi connectivity index (χ0) is 13.1. The van der Waals surface area contributed by atoms with Gasteiger partial charge in [-0.15, -0.1) is 0 Å². The molecule has 0 radical (unpaired) electrons. The van der Waals surface area contributed by atoms with Crippen LogP contribution >= 0.6 is 0 Å². The van der Waals surface area contributed by atoms with Crippen LogP contribution in [0, 0.1) is 6.92 Å². The summed E-state index contributed by atoms with van der Waals surface area (Å²) in [5, 5.41) is 0. The number of nitrogens with two attached hydrogens (primary N) is 1. The summed E-state index contributed by atoms with van der Waals surface area (Å²) in [6.07, 6.45) is 1.79. The second kappa shape index (κ2) is 5.27. The smallest absolute Gasteiger partial charge is 0.124 e. The predicted octanol–water partition coefficient (Wildman–Crippen LogP) is 3.42. The van der Waals surface area contributed by atoms with Crippen molar-refractivity contribution in [3.63, 3.8) is 0 Å². The van der Waals surface area contributed by atoms with Gasteiger partial charge >= 0.3 is 0 Å². The maximum absolute atomic E-state index is 6.30. The fourth-order valence-corrected chi connectivity index (χ4v) is 1.98. The van der Waals surface area contributed by atoms with Crippen molar-refractivity contribution < 1.29 is 9.15 Å². The Morgan fingerprint density at radius 3 is 2.44 bits per heavy atom. The molecule has 0 bridgehead atoms. The van der Waals surface area contributed by atoms with E-state index in [0.717, 1.165) is 22.6 Å². The number of furan rings is 1. The molecule has 0 aliphatic rings. The van der Waals surface area contributed by atoms with Gasteiger partial charge in [-0.1, -0.05) is 18.2 Å². The zero-order valence-electron chi connectivity index (χ0n) is 11.0. The van der Waals surface area contributed by atoms with Crippen molar-refractivity contribution in [1.29, 1.82) is 0 Å². The predicted molar refractivity (Wildman–Crippen MR) is 71.7 cm³/mol. The van der Waals surface area contributed by atoms with E-state index >= 15 is 0 Å². The Morgan fingerprint density at radius 2 is 1.83 bits per heavy atom. The molecule has 0 fully saturated rings. The normalized spacial score (nSPS) is 12.7. The van der Waals surface area contributed by atoms with E-state index in [9.17, 15) is 0 Å². The molecule has 2 rings (SSSR count). The molecular formula is C15H19NO2. The Labute approximate surface area is 108 Å². The summed E-state index contributed by atoms with van der Waals surface area (Å²) in [4.78, 5) is 0. The SMILES string of the molecule is Cc1occc1C(N)c1ccccc1OC(C)C. The average molecular weight is 245 g/mol. The molecule has 1 unspecified atom stereocenters. The van der Waals surface area contributed by atoms with Crippen LogP contribution in [0.4, 0.5) is 0 Å². The molecule has 2 N–H and O–H groups in total. The molecule has 3 heteroatoms. The highest BCUT2D eigenvalue weighted by molar-refractivity contribution is 5.41. The van der Waals surface area contributed by atoms with Gasteiger partial charge in [-0.2, -0.15) is 0 Å². The van der Waals surface area contributed by atoms with Gasteiger partial charge in [-0.3, -0.25) is 0 Å². The Kier molecular flexibility index (Phi) is 3.72. The first-order valence-corrected chi connectivity index (χ1v) is 6.14. The molecule has 1 atom stereocenters. The Balaban J connectivity index is 2.36. The number of rotatable bonds is 4. The van der Waals surface area contributed by atoms with Crippen LogP contribution in [-0.4, -0.2) is 6.10 Å². The molecule has 0 spiro atoms. The molecule has 1 aromatic heterocycles. The molecule has 1 aromatic carbocycles. The molecule has 3 nitrogen and oxygen atoms in total. The summed E-state index contributed by atoms with van der Waals surface area (Å²) < 4.78 is 11.1. The molecule has 1 heterocycles. The van der Waals surface area contributed by atoms with Crippen molar-refractivity contribution in [1.82, 2.24) is 0 Å². The monoisotopic (exact) mass is 245 g/mol. The van der Waals surface area contributed by atoms with Gasteiger partial charge in [-0.05, 0) is 32.9 Å². The molecular weight excluding hydrogens is 226 g/mol. The number of ether oxygens (including phenoxy) is 1. The third-order valence-corrected chi connectivity index (χ3v) is 2.85. The second-order valence-electron chi connectivity index (χ2n) is 4.61. The first kappa shape index (κ1) is 12.7. The van der Waals surface area contributed by atoms with Gasteiger partial charge in [0.05, 0.1) is 18.4 Å². The van der Waals surface area contributed by atoms with Crippen molar-refractivity contribution in [2.45, 2.75) is 32.9 Å². The zero-order valence-corrected chi connectivity index (χ0v) is 11.0. The van der Waals surface area contributed by atoms with Crippen LogP contribution in [0.25, 0.3) is 0 Å². The van der Waals surface area contributed by atoms with Gasteiger partial charge in [0.15, 0.2) is 0 Å². The van der Waals surface area contributed by atoms with E-state index in [-0.39, 0.29) is 12.1 Å². The van der Waals surface area contributed by atoms with Crippen LogP contribution in [0.15, 0.2) is 41.0 Å². The fraction of sp³-hybridized carbons (Fsp3) is 0.333. The quantitative estimate of drug-likeness (QED) is 0.897. The van der Waals surface area contributed by atoms with Crippen LogP contribution in [0.1, 0.15) is 36.8 Å². The lowest BCUT2D eigenvalue weighted by Crippen LogP contribution is -2.15. The molecule has 0 saturated carbocycles. The van der Waals surface area contributed by atoms with Crippen LogP contribution in [0.3, 0.4) is 0 Å². The summed E-state index contributed by atoms with van der Waals surface area (Å²) >= 11 is 0. The van der Waals surface area contributed by atoms with E-state index in [2.05, 4.69) is 0 Å². The Bertz CT molecular complexity index is 517. The minimum Gasteiger partial charge on any atom is -0.491 e. The molecule has 0 saturated heterocycles. The summed E-state index contributed by atoms with van der Waals surface area (Å²) in [7, 11) is 0. The number of para-hydroxylation sites is 1. The lowest BCUT2D eigenvalue weighted by molar-refractivity contribution is 0.239. The van der Waals surface area contributed by atoms with E-state index in [0.29, 0.717) is 0 Å². The van der Waals surface area contributed by atoms with Crippen LogP contribution in [-0.2, 0) is 0 Å². The highest BCUT2D eigenvalue weighted by Crippen LogP contribution is 2.30. The minimum atomic E-state index is -0.223. The van der Waals surface area contributed by atoms with Gasteiger partial charge in [-0.25, -0.2) is 0 Å². The van der Waals surface area contributed by atoms with Gasteiger partial charge in [0.1, 0.15) is 11.5 Å². The van der Waals surface area contributed by atoms with Crippen molar-refractivity contribution in [3.05, 3.63) is 53.5 Å². The molecule has 0 amide bonds. The largest absolute Gasteiger partial charge is 0.491 e. The van der Waals surface area contributed by atoms with Gasteiger partial charge in [0.2, 0.25) is 0 Å². The van der Waals surface area contributed by atoms with Crippen molar-refractivity contribution in [2.24, 2.45) is 5.73 Å². The standard InChI is InChI=1S/C15H19NO2/c1-10(2)18-14-7-5-4-6-13(14)15(16)12-8-9-17-11(12)3/h4-10,15H,16H2,1-3H3. The maximum atomic E-state index is 6.30. The van der Waals surface area contributed by atoms with Crippen molar-refractivity contribution in [3.8, 4) is 5.75 Å². The summed E-state index contributed by atoms with van der Waals surface area (Å²) in [5.74, 6) is 1.68. The van der Waals surface area contributed by atoms with Crippen LogP contribution < -0.4 is 10.5 Å². The van der Waals surface area contributed by atoms with Gasteiger partial charge in [0.25, 0.3) is 0 Å². The van der Waals surface area contributed by atoms with E-state index in [1.807, 2.05) is 51.1 Å². The van der Waals surface area contributed by atoms with Crippen molar-refractivity contribution in [2.75, 3.05) is 0 Å². The number of aryl methyl sites for hydroxylation is 1. The number of hydrogen-bond acceptors (Lipinski definition) is 3. The fourth-order valence-electron chi connectivity index (χ4n) is 1.98. The van der Waals surface area contributed by atoms with Crippen LogP contribution in [0.2, 0.25) is 0 Å². The molecule has 2 aromatic rings. The summed E-state index contributed by atoms with van der Waals surface area (Å²) in [5.41, 5.74) is 8.28. The van der Waals surface area contributed by atoms with Crippen LogP contribution in [0.5, 0.6) is 5.75 Å². The third-order valence-electron chi connectivity index (χ3n) is 2.85. The average Bonchev–Trinajstić information content (AvgIpc) is 2.74. The summed E-state index contributed by atoms with van der Waals surface area (Å²) in [6, 6.07) is 9.55. The Morgan fingerprint density at radius 1 is 1.11 bits per heavy atom. The highest BCUT2D eigenvalue weighted by Gasteiger charge is 2.17. The van der Waals surface area contributed by atoms with Gasteiger partial charge < -0.3 is 14.9 Å². The minimum absolute atomic E-state index is 0.129. The van der Waals surface area contributed by atoms with Crippen molar-refractivity contribution >= 4 is 0 Å². The first-order chi connectivity index (χ1) is 8.59.